The van der Waals surface area contributed by atoms with Crippen LogP contribution >= 0.6 is 24.0 Å². The number of nitrogens with two attached hydrogens (primary N) is 1. The van der Waals surface area contributed by atoms with Gasteiger partial charge in [0, 0.05) is 12.5 Å². The summed E-state index contributed by atoms with van der Waals surface area (Å²) < 4.78 is 61.2. The SMILES string of the molecule is Cl.N[C@H](CC(F)F)c1ccc(C(F)(F)F)c(Cl)c1. The summed E-state index contributed by atoms with van der Waals surface area (Å²) >= 11 is 5.43. The minimum atomic E-state index is -4.57. The molecule has 0 fully saturated rings. The first-order chi connectivity index (χ1) is 7.71. The zero-order valence-electron chi connectivity index (χ0n) is 8.85. The van der Waals surface area contributed by atoms with Crippen molar-refractivity contribution in [2.75, 3.05) is 0 Å². The minimum Gasteiger partial charge on any atom is -0.324 e. The molecule has 18 heavy (non-hydrogen) atoms. The molecule has 1 rings (SSSR count). The molecule has 0 saturated carbocycles. The molecule has 1 nitrogen and oxygen atoms in total. The van der Waals surface area contributed by atoms with Gasteiger partial charge in [-0.1, -0.05) is 17.7 Å². The second kappa shape index (κ2) is 6.54. The Bertz CT molecular complexity index is 394. The Morgan fingerprint density at radius 2 is 1.78 bits per heavy atom. The molecule has 0 bridgehead atoms. The van der Waals surface area contributed by atoms with Gasteiger partial charge in [-0.05, 0) is 17.7 Å². The van der Waals surface area contributed by atoms with E-state index < -0.39 is 35.7 Å². The van der Waals surface area contributed by atoms with E-state index in [-0.39, 0.29) is 18.0 Å². The molecule has 0 spiro atoms. The average Bonchev–Trinajstić information content (AvgIpc) is 2.14. The van der Waals surface area contributed by atoms with Crippen molar-refractivity contribution in [2.45, 2.75) is 25.1 Å². The van der Waals surface area contributed by atoms with Crippen LogP contribution in [0.3, 0.4) is 0 Å². The van der Waals surface area contributed by atoms with E-state index >= 15 is 0 Å². The molecular formula is C10H10Cl2F5N. The molecule has 0 aliphatic heterocycles. The van der Waals surface area contributed by atoms with Crippen LogP contribution < -0.4 is 5.73 Å². The summed E-state index contributed by atoms with van der Waals surface area (Å²) in [6.07, 6.45) is -7.81. The lowest BCUT2D eigenvalue weighted by Crippen LogP contribution is -2.15. The van der Waals surface area contributed by atoms with E-state index in [9.17, 15) is 22.0 Å². The monoisotopic (exact) mass is 309 g/mol. The lowest BCUT2D eigenvalue weighted by molar-refractivity contribution is -0.137. The molecule has 0 saturated heterocycles. The van der Waals surface area contributed by atoms with Crippen LogP contribution in [0, 0.1) is 0 Å². The van der Waals surface area contributed by atoms with Crippen LogP contribution in [0.25, 0.3) is 0 Å². The molecule has 0 aromatic heterocycles. The maximum absolute atomic E-state index is 12.4. The van der Waals surface area contributed by atoms with Crippen molar-refractivity contribution in [1.82, 2.24) is 0 Å². The second-order valence-electron chi connectivity index (χ2n) is 3.47. The average molecular weight is 310 g/mol. The van der Waals surface area contributed by atoms with E-state index in [0.29, 0.717) is 0 Å². The van der Waals surface area contributed by atoms with Crippen LogP contribution in [0.5, 0.6) is 0 Å². The van der Waals surface area contributed by atoms with Gasteiger partial charge < -0.3 is 5.73 Å². The van der Waals surface area contributed by atoms with Gasteiger partial charge in [-0.2, -0.15) is 13.2 Å². The molecule has 0 aliphatic carbocycles. The van der Waals surface area contributed by atoms with Crippen molar-refractivity contribution >= 4 is 24.0 Å². The lowest BCUT2D eigenvalue weighted by Gasteiger charge is -2.14. The Hall–Kier alpha value is -0.590. The lowest BCUT2D eigenvalue weighted by atomic mass is 10.0. The predicted molar refractivity (Wildman–Crippen MR) is 61.3 cm³/mol. The molecule has 0 amide bonds. The first-order valence-electron chi connectivity index (χ1n) is 4.62. The van der Waals surface area contributed by atoms with Crippen molar-refractivity contribution in [3.05, 3.63) is 34.3 Å². The van der Waals surface area contributed by atoms with Crippen molar-refractivity contribution in [3.8, 4) is 0 Å². The maximum Gasteiger partial charge on any atom is 0.417 e. The van der Waals surface area contributed by atoms with E-state index in [1.54, 1.807) is 0 Å². The van der Waals surface area contributed by atoms with Crippen molar-refractivity contribution in [3.63, 3.8) is 0 Å². The fourth-order valence-electron chi connectivity index (χ4n) is 1.32. The third kappa shape index (κ3) is 4.59. The zero-order chi connectivity index (χ0) is 13.2. The molecule has 0 unspecified atom stereocenters. The smallest absolute Gasteiger partial charge is 0.324 e. The summed E-state index contributed by atoms with van der Waals surface area (Å²) in [4.78, 5) is 0. The van der Waals surface area contributed by atoms with Crippen LogP contribution in [-0.4, -0.2) is 6.43 Å². The molecule has 1 aromatic rings. The molecule has 0 heterocycles. The summed E-state index contributed by atoms with van der Waals surface area (Å²) in [5, 5.41) is -0.542. The molecule has 0 aliphatic rings. The first-order valence-corrected chi connectivity index (χ1v) is 5.00. The highest BCUT2D eigenvalue weighted by atomic mass is 35.5. The number of halogens is 7. The minimum absolute atomic E-state index is 0. The van der Waals surface area contributed by atoms with Crippen LogP contribution in [0.2, 0.25) is 5.02 Å². The topological polar surface area (TPSA) is 26.0 Å². The van der Waals surface area contributed by atoms with Crippen LogP contribution in [0.1, 0.15) is 23.6 Å². The number of rotatable bonds is 3. The van der Waals surface area contributed by atoms with E-state index in [4.69, 9.17) is 17.3 Å². The summed E-state index contributed by atoms with van der Waals surface area (Å²) in [6, 6.07) is 1.73. The standard InChI is InChI=1S/C10H9ClF5N.ClH/c11-7-3-5(8(17)4-9(12)13)1-2-6(7)10(14,15)16;/h1-3,8-9H,4,17H2;1H/t8-;/m1./s1. The molecule has 2 N–H and O–H groups in total. The van der Waals surface area contributed by atoms with Gasteiger partial charge in [-0.15, -0.1) is 12.4 Å². The third-order valence-corrected chi connectivity index (χ3v) is 2.47. The first kappa shape index (κ1) is 17.4. The predicted octanol–water partition coefficient (Wildman–Crippen LogP) is 4.44. The second-order valence-corrected chi connectivity index (χ2v) is 3.88. The molecule has 1 aromatic carbocycles. The van der Waals surface area contributed by atoms with Gasteiger partial charge in [-0.25, -0.2) is 8.78 Å². The molecule has 0 radical (unpaired) electrons. The van der Waals surface area contributed by atoms with Gasteiger partial charge in [-0.3, -0.25) is 0 Å². The maximum atomic E-state index is 12.4. The summed E-state index contributed by atoms with van der Waals surface area (Å²) in [7, 11) is 0. The summed E-state index contributed by atoms with van der Waals surface area (Å²) in [5.41, 5.74) is 4.55. The van der Waals surface area contributed by atoms with Gasteiger partial charge >= 0.3 is 6.18 Å². The van der Waals surface area contributed by atoms with Crippen molar-refractivity contribution < 1.29 is 22.0 Å². The van der Waals surface area contributed by atoms with E-state index in [2.05, 4.69) is 0 Å². The quantitative estimate of drug-likeness (QED) is 0.821. The Kier molecular flexibility index (Phi) is 6.33. The van der Waals surface area contributed by atoms with E-state index in [0.717, 1.165) is 18.2 Å². The van der Waals surface area contributed by atoms with Crippen LogP contribution in [0.15, 0.2) is 18.2 Å². The largest absolute Gasteiger partial charge is 0.417 e. The van der Waals surface area contributed by atoms with Gasteiger partial charge in [0.2, 0.25) is 6.43 Å². The number of alkyl halides is 5. The summed E-state index contributed by atoms with van der Waals surface area (Å²) in [5.74, 6) is 0. The fraction of sp³-hybridized carbons (Fsp3) is 0.400. The third-order valence-electron chi connectivity index (χ3n) is 2.16. The Balaban J connectivity index is 0.00000289. The highest BCUT2D eigenvalue weighted by Crippen LogP contribution is 2.36. The highest BCUT2D eigenvalue weighted by molar-refractivity contribution is 6.31. The Labute approximate surface area is 112 Å². The van der Waals surface area contributed by atoms with Gasteiger partial charge in [0.15, 0.2) is 0 Å². The van der Waals surface area contributed by atoms with Crippen LogP contribution in [0.4, 0.5) is 22.0 Å². The normalized spacial score (nSPS) is 13.3. The highest BCUT2D eigenvalue weighted by Gasteiger charge is 2.33. The fourth-order valence-corrected chi connectivity index (χ4v) is 1.62. The van der Waals surface area contributed by atoms with E-state index in [1.807, 2.05) is 0 Å². The number of hydrogen-bond donors (Lipinski definition) is 1. The molecule has 1 atom stereocenters. The summed E-state index contributed by atoms with van der Waals surface area (Å²) in [6.45, 7) is 0. The van der Waals surface area contributed by atoms with Crippen molar-refractivity contribution in [1.29, 1.82) is 0 Å². The van der Waals surface area contributed by atoms with Crippen LogP contribution in [-0.2, 0) is 6.18 Å². The number of hydrogen-bond acceptors (Lipinski definition) is 1. The van der Waals surface area contributed by atoms with Crippen molar-refractivity contribution in [2.24, 2.45) is 5.73 Å². The number of benzene rings is 1. The van der Waals surface area contributed by atoms with Gasteiger partial charge in [0.05, 0.1) is 10.6 Å². The molecule has 8 heteroatoms. The van der Waals surface area contributed by atoms with Gasteiger partial charge in [0.25, 0.3) is 0 Å². The zero-order valence-corrected chi connectivity index (χ0v) is 10.4. The van der Waals surface area contributed by atoms with Gasteiger partial charge in [0.1, 0.15) is 0 Å². The molecule has 104 valence electrons. The molecular weight excluding hydrogens is 300 g/mol. The Morgan fingerprint density at radius 1 is 1.22 bits per heavy atom. The Morgan fingerprint density at radius 3 is 2.17 bits per heavy atom. The van der Waals surface area contributed by atoms with E-state index in [1.165, 1.54) is 0 Å².